The van der Waals surface area contributed by atoms with Crippen molar-refractivity contribution < 1.29 is 23.5 Å². The van der Waals surface area contributed by atoms with Gasteiger partial charge in [0.25, 0.3) is 0 Å². The van der Waals surface area contributed by atoms with E-state index >= 15 is 0 Å². The minimum absolute atomic E-state index is 0.0481. The Balaban J connectivity index is 1.52. The zero-order chi connectivity index (χ0) is 25.0. The van der Waals surface area contributed by atoms with Crippen LogP contribution in [-0.4, -0.2) is 38.2 Å². The highest BCUT2D eigenvalue weighted by Crippen LogP contribution is 2.54. The van der Waals surface area contributed by atoms with Gasteiger partial charge in [0.2, 0.25) is 5.91 Å². The highest BCUT2D eigenvalue weighted by Gasteiger charge is 2.66. The molecule has 1 aliphatic heterocycles. The van der Waals surface area contributed by atoms with Crippen molar-refractivity contribution >= 4 is 11.9 Å². The third kappa shape index (κ3) is 4.90. The number of esters is 1. The molecule has 4 rings (SSSR count). The molecule has 0 unspecified atom stereocenters. The first-order valence-corrected chi connectivity index (χ1v) is 12.3. The van der Waals surface area contributed by atoms with E-state index in [1.54, 1.807) is 6.07 Å². The zero-order valence-electron chi connectivity index (χ0n) is 20.6. The van der Waals surface area contributed by atoms with Crippen LogP contribution in [0.1, 0.15) is 31.4 Å². The number of ether oxygens (including phenoxy) is 2. The molecule has 186 valence electrons. The predicted octanol–water partition coefficient (Wildman–Crippen LogP) is 4.50. The van der Waals surface area contributed by atoms with Crippen LogP contribution in [0, 0.1) is 29.0 Å². The first-order chi connectivity index (χ1) is 16.9. The molecule has 0 aromatic heterocycles. The first kappa shape index (κ1) is 25.1. The molecule has 1 saturated heterocycles. The smallest absolute Gasteiger partial charge is 0.322 e. The minimum Gasteiger partial charge on any atom is -0.468 e. The van der Waals surface area contributed by atoms with Crippen molar-refractivity contribution in [2.75, 3.05) is 20.3 Å². The molecule has 1 N–H and O–H groups in total. The lowest BCUT2D eigenvalue weighted by Crippen LogP contribution is -2.53. The fraction of sp³-hybridized carbons (Fsp3) is 0.448. The number of halogens is 1. The molecule has 1 aliphatic carbocycles. The van der Waals surface area contributed by atoms with Gasteiger partial charge in [-0.25, -0.2) is 4.39 Å². The largest absolute Gasteiger partial charge is 0.468 e. The lowest BCUT2D eigenvalue weighted by molar-refractivity contribution is -0.165. The maximum atomic E-state index is 13.6. The van der Waals surface area contributed by atoms with Crippen LogP contribution in [0.5, 0.6) is 0 Å². The molecule has 0 spiro atoms. The number of nitrogens with one attached hydrogen (secondary N) is 1. The number of allylic oxidation sites excluding steroid dienone is 2. The van der Waals surface area contributed by atoms with Crippen LogP contribution in [-0.2, 0) is 31.9 Å². The Morgan fingerprint density at radius 3 is 2.54 bits per heavy atom. The molecule has 2 aromatic carbocycles. The van der Waals surface area contributed by atoms with Crippen molar-refractivity contribution in [1.29, 1.82) is 0 Å². The Kier molecular flexibility index (Phi) is 7.70. The Bertz CT molecular complexity index is 1090. The molecule has 1 heterocycles. The van der Waals surface area contributed by atoms with Gasteiger partial charge < -0.3 is 14.8 Å². The molecule has 0 bridgehead atoms. The van der Waals surface area contributed by atoms with E-state index in [0.29, 0.717) is 32.5 Å². The summed E-state index contributed by atoms with van der Waals surface area (Å²) in [4.78, 5) is 26.9. The fourth-order valence-corrected chi connectivity index (χ4v) is 5.99. The van der Waals surface area contributed by atoms with Gasteiger partial charge >= 0.3 is 5.97 Å². The van der Waals surface area contributed by atoms with Crippen molar-refractivity contribution in [1.82, 2.24) is 5.32 Å². The average Bonchev–Trinajstić information content (AvgIpc) is 3.14. The van der Waals surface area contributed by atoms with E-state index in [4.69, 9.17) is 9.47 Å². The molecule has 2 aromatic rings. The van der Waals surface area contributed by atoms with Crippen molar-refractivity contribution in [2.45, 2.75) is 39.2 Å². The summed E-state index contributed by atoms with van der Waals surface area (Å²) in [5, 5.41) is 3.16. The van der Waals surface area contributed by atoms with Crippen molar-refractivity contribution in [2.24, 2.45) is 23.2 Å². The van der Waals surface area contributed by atoms with Gasteiger partial charge in [-0.15, -0.1) is 0 Å². The topological polar surface area (TPSA) is 64.6 Å². The van der Waals surface area contributed by atoms with Gasteiger partial charge in [0.05, 0.1) is 13.7 Å². The Morgan fingerprint density at radius 1 is 1.09 bits per heavy atom. The molecule has 1 fully saturated rings. The van der Waals surface area contributed by atoms with Gasteiger partial charge in [-0.3, -0.25) is 9.59 Å². The number of hydrogen-bond donors (Lipinski definition) is 1. The molecule has 0 radical (unpaired) electrons. The average molecular weight is 480 g/mol. The maximum Gasteiger partial charge on any atom is 0.322 e. The Morgan fingerprint density at radius 2 is 1.83 bits per heavy atom. The van der Waals surface area contributed by atoms with Gasteiger partial charge in [0.1, 0.15) is 5.82 Å². The number of fused-ring (bicyclic) bond motifs is 1. The van der Waals surface area contributed by atoms with E-state index in [1.807, 2.05) is 36.4 Å². The summed E-state index contributed by atoms with van der Waals surface area (Å²) in [5.74, 6) is -1.49. The Labute approximate surface area is 206 Å². The van der Waals surface area contributed by atoms with Gasteiger partial charge in [-0.05, 0) is 55.4 Å². The lowest BCUT2D eigenvalue weighted by atomic mass is 9.56. The number of methoxy groups -OCH3 is 1. The number of benzene rings is 2. The molecule has 1 amide bonds. The van der Waals surface area contributed by atoms with E-state index in [-0.39, 0.29) is 35.5 Å². The zero-order valence-corrected chi connectivity index (χ0v) is 20.6. The van der Waals surface area contributed by atoms with Crippen LogP contribution in [0.15, 0.2) is 66.2 Å². The van der Waals surface area contributed by atoms with E-state index in [1.165, 1.54) is 24.8 Å². The summed E-state index contributed by atoms with van der Waals surface area (Å²) in [5.41, 5.74) is 1.89. The molecule has 5 atom stereocenters. The quantitative estimate of drug-likeness (QED) is 0.249. The Hall–Kier alpha value is -2.99. The maximum absolute atomic E-state index is 13.6. The second-order valence-corrected chi connectivity index (χ2v) is 9.74. The summed E-state index contributed by atoms with van der Waals surface area (Å²) in [6, 6.07) is 16.3. The van der Waals surface area contributed by atoms with Crippen molar-refractivity contribution in [3.05, 3.63) is 83.2 Å². The number of hydrogen-bond acceptors (Lipinski definition) is 4. The number of rotatable bonds is 9. The third-order valence-electron chi connectivity index (χ3n) is 7.78. The molecule has 0 saturated carbocycles. The van der Waals surface area contributed by atoms with Gasteiger partial charge in [-0.2, -0.15) is 0 Å². The van der Waals surface area contributed by atoms with E-state index < -0.39 is 11.4 Å². The molecule has 6 heteroatoms. The summed E-state index contributed by atoms with van der Waals surface area (Å²) in [6.07, 6.45) is 3.84. The van der Waals surface area contributed by atoms with Gasteiger partial charge in [0, 0.05) is 24.5 Å². The van der Waals surface area contributed by atoms with Crippen LogP contribution in [0.4, 0.5) is 4.39 Å². The minimum atomic E-state index is -1.28. The molecular weight excluding hydrogens is 445 g/mol. The van der Waals surface area contributed by atoms with Crippen molar-refractivity contribution in [3.63, 3.8) is 0 Å². The van der Waals surface area contributed by atoms with Crippen LogP contribution in [0.3, 0.4) is 0 Å². The first-order valence-electron chi connectivity index (χ1n) is 12.3. The molecule has 2 aliphatic rings. The monoisotopic (exact) mass is 479 g/mol. The summed E-state index contributed by atoms with van der Waals surface area (Å²) in [7, 11) is 1.36. The highest BCUT2D eigenvalue weighted by atomic mass is 19.1. The normalized spacial score (nSPS) is 27.7. The number of amides is 1. The van der Waals surface area contributed by atoms with Gasteiger partial charge in [0.15, 0.2) is 5.41 Å². The van der Waals surface area contributed by atoms with E-state index in [9.17, 15) is 14.0 Å². The molecular formula is C29H34FNO4. The van der Waals surface area contributed by atoms with Crippen molar-refractivity contribution in [3.8, 4) is 0 Å². The third-order valence-corrected chi connectivity index (χ3v) is 7.78. The number of carbonyl (C=O) groups is 2. The van der Waals surface area contributed by atoms with Crippen LogP contribution < -0.4 is 5.32 Å². The summed E-state index contributed by atoms with van der Waals surface area (Å²) >= 11 is 0. The predicted molar refractivity (Wildman–Crippen MR) is 132 cm³/mol. The van der Waals surface area contributed by atoms with E-state index in [2.05, 4.69) is 25.2 Å². The number of carbonyl (C=O) groups excluding carboxylic acids is 2. The highest BCUT2D eigenvalue weighted by molar-refractivity contribution is 6.06. The van der Waals surface area contributed by atoms with Crippen LogP contribution in [0.25, 0.3) is 0 Å². The lowest BCUT2D eigenvalue weighted by Gasteiger charge is -2.44. The summed E-state index contributed by atoms with van der Waals surface area (Å²) in [6.45, 7) is 5.00. The van der Waals surface area contributed by atoms with Crippen LogP contribution >= 0.6 is 0 Å². The standard InChI is InChI=1S/C29H34FNO4/c1-19-16-23(13-15-35-14-12-22-10-7-11-24(30)17-22)29(28(33)34-3)26(20(19)2)25(31-27(29)32)18-21-8-5-4-6-9-21/h4-11,16-17,20,23,25-26H,12-15,18H2,1-3H3,(H,31,32)/t20-,23+,25+,26+,29-/m1/s1. The fourth-order valence-electron chi connectivity index (χ4n) is 5.99. The molecule has 5 nitrogen and oxygen atoms in total. The summed E-state index contributed by atoms with van der Waals surface area (Å²) < 4.78 is 24.5. The second-order valence-electron chi connectivity index (χ2n) is 9.74. The molecule has 35 heavy (non-hydrogen) atoms. The van der Waals surface area contributed by atoms with E-state index in [0.717, 1.165) is 11.1 Å². The second kappa shape index (κ2) is 10.7. The van der Waals surface area contributed by atoms with Crippen LogP contribution in [0.2, 0.25) is 0 Å². The SMILES string of the molecule is COC(=O)[C@@]12C(=O)N[C@@H](Cc3ccccc3)[C@@H]1[C@H](C)C(C)=C[C@@H]2CCOCCc1cccc(F)c1. The van der Waals surface area contributed by atoms with Gasteiger partial charge in [-0.1, -0.05) is 61.0 Å².